The summed E-state index contributed by atoms with van der Waals surface area (Å²) in [6.07, 6.45) is 2.78. The minimum atomic E-state index is -0.408. The van der Waals surface area contributed by atoms with Gasteiger partial charge < -0.3 is 14.8 Å². The van der Waals surface area contributed by atoms with Gasteiger partial charge in [-0.25, -0.2) is 4.79 Å². The van der Waals surface area contributed by atoms with Gasteiger partial charge in [-0.15, -0.1) is 11.3 Å². The van der Waals surface area contributed by atoms with E-state index < -0.39 is 5.97 Å². The van der Waals surface area contributed by atoms with Crippen LogP contribution in [0.4, 0.5) is 5.00 Å². The molecule has 2 aromatic rings. The Morgan fingerprint density at radius 3 is 2.81 bits per heavy atom. The summed E-state index contributed by atoms with van der Waals surface area (Å²) in [6.45, 7) is 2.04. The topological polar surface area (TPSA) is 64.6 Å². The first-order chi connectivity index (χ1) is 12.9. The Morgan fingerprint density at radius 1 is 1.33 bits per heavy atom. The quantitative estimate of drug-likeness (QED) is 0.554. The molecule has 0 unspecified atom stereocenters. The van der Waals surface area contributed by atoms with Gasteiger partial charge in [0.15, 0.2) is 6.61 Å². The van der Waals surface area contributed by atoms with E-state index in [0.717, 1.165) is 38.6 Å². The smallest absolute Gasteiger partial charge is 0.341 e. The second-order valence-electron chi connectivity index (χ2n) is 6.46. The first-order valence-electron chi connectivity index (χ1n) is 8.49. The van der Waals surface area contributed by atoms with E-state index in [0.29, 0.717) is 22.2 Å². The molecule has 3 rings (SSSR count). The predicted molar refractivity (Wildman–Crippen MR) is 113 cm³/mol. The van der Waals surface area contributed by atoms with Crippen LogP contribution >= 0.6 is 43.2 Å². The van der Waals surface area contributed by atoms with Gasteiger partial charge in [0.25, 0.3) is 5.91 Å². The molecule has 1 aliphatic carbocycles. The zero-order valence-electron chi connectivity index (χ0n) is 14.9. The molecule has 0 aliphatic heterocycles. The number of esters is 1. The fraction of sp³-hybridized carbons (Fsp3) is 0.368. The van der Waals surface area contributed by atoms with Gasteiger partial charge in [0.2, 0.25) is 0 Å². The number of hydrogen-bond acceptors (Lipinski definition) is 5. The molecule has 1 amide bonds. The van der Waals surface area contributed by atoms with Crippen molar-refractivity contribution >= 4 is 60.1 Å². The number of rotatable bonds is 5. The SMILES string of the molecule is COC(=O)c1c(NC(=O)COc2ccc(Br)cc2Br)sc2c1CC[C@H](C)C2. The van der Waals surface area contributed by atoms with Crippen molar-refractivity contribution in [3.8, 4) is 5.75 Å². The van der Waals surface area contributed by atoms with Gasteiger partial charge in [-0.05, 0) is 64.9 Å². The van der Waals surface area contributed by atoms with Crippen LogP contribution in [-0.4, -0.2) is 25.6 Å². The standard InChI is InChI=1S/C19H19Br2NO4S/c1-10-3-5-12-15(7-10)27-18(17(12)19(24)25-2)22-16(23)9-26-14-6-4-11(20)8-13(14)21/h4,6,8,10H,3,5,7,9H2,1-2H3,(H,22,23)/t10-/m0/s1. The lowest BCUT2D eigenvalue weighted by Gasteiger charge is -2.18. The number of carbonyl (C=O) groups is 2. The Bertz CT molecular complexity index is 881. The maximum Gasteiger partial charge on any atom is 0.341 e. The van der Waals surface area contributed by atoms with Gasteiger partial charge in [-0.3, -0.25) is 4.79 Å². The number of benzene rings is 1. The number of methoxy groups -OCH3 is 1. The number of hydrogen-bond donors (Lipinski definition) is 1. The lowest BCUT2D eigenvalue weighted by Crippen LogP contribution is -2.21. The minimum Gasteiger partial charge on any atom is -0.483 e. The molecule has 0 bridgehead atoms. The second-order valence-corrected chi connectivity index (χ2v) is 9.33. The van der Waals surface area contributed by atoms with Crippen LogP contribution < -0.4 is 10.1 Å². The van der Waals surface area contributed by atoms with Crippen molar-refractivity contribution in [2.45, 2.75) is 26.2 Å². The summed E-state index contributed by atoms with van der Waals surface area (Å²) < 4.78 is 12.2. The van der Waals surface area contributed by atoms with E-state index in [1.54, 1.807) is 6.07 Å². The molecule has 1 aromatic heterocycles. The van der Waals surface area contributed by atoms with Crippen molar-refractivity contribution in [1.82, 2.24) is 0 Å². The largest absolute Gasteiger partial charge is 0.483 e. The summed E-state index contributed by atoms with van der Waals surface area (Å²) >= 11 is 8.24. The van der Waals surface area contributed by atoms with Gasteiger partial charge in [-0.2, -0.15) is 0 Å². The summed E-state index contributed by atoms with van der Waals surface area (Å²) in [7, 11) is 1.36. The zero-order chi connectivity index (χ0) is 19.6. The molecule has 1 heterocycles. The van der Waals surface area contributed by atoms with Gasteiger partial charge in [-0.1, -0.05) is 22.9 Å². The van der Waals surface area contributed by atoms with Crippen molar-refractivity contribution in [3.63, 3.8) is 0 Å². The molecule has 0 saturated heterocycles. The highest BCUT2D eigenvalue weighted by atomic mass is 79.9. The Morgan fingerprint density at radius 2 is 2.11 bits per heavy atom. The van der Waals surface area contributed by atoms with Crippen LogP contribution in [0.15, 0.2) is 27.1 Å². The molecule has 1 N–H and O–H groups in total. The van der Waals surface area contributed by atoms with E-state index in [4.69, 9.17) is 9.47 Å². The zero-order valence-corrected chi connectivity index (χ0v) is 18.9. The van der Waals surface area contributed by atoms with Crippen LogP contribution in [0, 0.1) is 5.92 Å². The average molecular weight is 517 g/mol. The third-order valence-electron chi connectivity index (χ3n) is 4.41. The summed E-state index contributed by atoms with van der Waals surface area (Å²) in [5.74, 6) is 0.416. The lowest BCUT2D eigenvalue weighted by atomic mass is 9.88. The van der Waals surface area contributed by atoms with Crippen molar-refractivity contribution in [3.05, 3.63) is 43.1 Å². The van der Waals surface area contributed by atoms with E-state index in [9.17, 15) is 9.59 Å². The number of halogens is 2. The molecular formula is C19H19Br2NO4S. The molecule has 144 valence electrons. The highest BCUT2D eigenvalue weighted by Crippen LogP contribution is 2.40. The van der Waals surface area contributed by atoms with Crippen LogP contribution in [0.1, 0.15) is 34.1 Å². The van der Waals surface area contributed by atoms with E-state index >= 15 is 0 Å². The number of amides is 1. The van der Waals surface area contributed by atoms with Crippen molar-refractivity contribution in [1.29, 1.82) is 0 Å². The molecular weight excluding hydrogens is 498 g/mol. The van der Waals surface area contributed by atoms with Crippen LogP contribution in [0.25, 0.3) is 0 Å². The molecule has 1 aliphatic rings. The number of anilines is 1. The van der Waals surface area contributed by atoms with Crippen LogP contribution in [0.3, 0.4) is 0 Å². The van der Waals surface area contributed by atoms with Crippen LogP contribution in [0.5, 0.6) is 5.75 Å². The minimum absolute atomic E-state index is 0.153. The fourth-order valence-electron chi connectivity index (χ4n) is 3.06. The molecule has 5 nitrogen and oxygen atoms in total. The highest BCUT2D eigenvalue weighted by molar-refractivity contribution is 9.11. The summed E-state index contributed by atoms with van der Waals surface area (Å²) in [4.78, 5) is 25.8. The molecule has 27 heavy (non-hydrogen) atoms. The normalized spacial score (nSPS) is 15.8. The molecule has 1 aromatic carbocycles. The molecule has 0 fully saturated rings. The summed E-state index contributed by atoms with van der Waals surface area (Å²) in [6, 6.07) is 5.45. The van der Waals surface area contributed by atoms with E-state index in [2.05, 4.69) is 44.1 Å². The Kier molecular flexibility index (Phi) is 6.60. The van der Waals surface area contributed by atoms with Crippen molar-refractivity contribution in [2.75, 3.05) is 19.0 Å². The Hall–Kier alpha value is -1.38. The molecule has 1 atom stereocenters. The fourth-order valence-corrected chi connectivity index (χ4v) is 5.63. The summed E-state index contributed by atoms with van der Waals surface area (Å²) in [5.41, 5.74) is 1.50. The van der Waals surface area contributed by atoms with E-state index in [-0.39, 0.29) is 12.5 Å². The van der Waals surface area contributed by atoms with Gasteiger partial charge in [0.05, 0.1) is 17.1 Å². The average Bonchev–Trinajstić information content (AvgIpc) is 2.97. The first-order valence-corrected chi connectivity index (χ1v) is 10.9. The number of nitrogens with one attached hydrogen (secondary N) is 1. The van der Waals surface area contributed by atoms with Crippen LogP contribution in [-0.2, 0) is 22.4 Å². The maximum absolute atomic E-state index is 12.4. The maximum atomic E-state index is 12.4. The first kappa shape index (κ1) is 20.4. The Labute approximate surface area is 178 Å². The second kappa shape index (κ2) is 8.75. The van der Waals surface area contributed by atoms with E-state index in [1.807, 2.05) is 12.1 Å². The van der Waals surface area contributed by atoms with Gasteiger partial charge in [0.1, 0.15) is 10.8 Å². The van der Waals surface area contributed by atoms with Gasteiger partial charge in [0, 0.05) is 9.35 Å². The number of thiophene rings is 1. The third-order valence-corrected chi connectivity index (χ3v) is 6.69. The Balaban J connectivity index is 1.74. The summed E-state index contributed by atoms with van der Waals surface area (Å²) in [5, 5.41) is 3.37. The number of carbonyl (C=O) groups excluding carboxylic acids is 2. The molecule has 0 spiro atoms. The van der Waals surface area contributed by atoms with E-state index in [1.165, 1.54) is 18.4 Å². The lowest BCUT2D eigenvalue weighted by molar-refractivity contribution is -0.118. The predicted octanol–water partition coefficient (Wildman–Crippen LogP) is 5.20. The van der Waals surface area contributed by atoms with Crippen molar-refractivity contribution in [2.24, 2.45) is 5.92 Å². The molecule has 0 saturated carbocycles. The number of ether oxygens (including phenoxy) is 2. The molecule has 8 heteroatoms. The molecule has 0 radical (unpaired) electrons. The van der Waals surface area contributed by atoms with Crippen LogP contribution in [0.2, 0.25) is 0 Å². The number of fused-ring (bicyclic) bond motifs is 1. The van der Waals surface area contributed by atoms with Crippen molar-refractivity contribution < 1.29 is 19.1 Å². The highest BCUT2D eigenvalue weighted by Gasteiger charge is 2.28. The third kappa shape index (κ3) is 4.73. The monoisotopic (exact) mass is 515 g/mol. The van der Waals surface area contributed by atoms with Gasteiger partial charge >= 0.3 is 5.97 Å².